The van der Waals surface area contributed by atoms with Gasteiger partial charge in [-0.05, 0) is 36.1 Å². The first-order valence-corrected chi connectivity index (χ1v) is 10.5. The summed E-state index contributed by atoms with van der Waals surface area (Å²) in [5.74, 6) is -0.396. The van der Waals surface area contributed by atoms with Gasteiger partial charge in [-0.2, -0.15) is 0 Å². The fraction of sp³-hybridized carbons (Fsp3) is 0.435. The fourth-order valence-corrected chi connectivity index (χ4v) is 3.41. The lowest BCUT2D eigenvalue weighted by Gasteiger charge is -2.27. The molecule has 1 heterocycles. The summed E-state index contributed by atoms with van der Waals surface area (Å²) in [6.07, 6.45) is 0.449. The SMILES string of the molecule is CCNC(=NCc1ccccc1CN1CCOCC1)NCCc1ccc(F)cc1F.I. The molecule has 31 heavy (non-hydrogen) atoms. The highest BCUT2D eigenvalue weighted by Crippen LogP contribution is 2.14. The van der Waals surface area contributed by atoms with E-state index >= 15 is 0 Å². The molecule has 1 aliphatic rings. The van der Waals surface area contributed by atoms with E-state index in [1.807, 2.05) is 13.0 Å². The Morgan fingerprint density at radius 1 is 1.03 bits per heavy atom. The molecule has 0 saturated carbocycles. The number of aliphatic imine (C=N–C) groups is 1. The van der Waals surface area contributed by atoms with Crippen molar-refractivity contribution in [1.29, 1.82) is 0 Å². The Labute approximate surface area is 200 Å². The van der Waals surface area contributed by atoms with Crippen LogP contribution in [0.3, 0.4) is 0 Å². The lowest BCUT2D eigenvalue weighted by molar-refractivity contribution is 0.0341. The second-order valence-corrected chi connectivity index (χ2v) is 7.26. The Balaban J connectivity index is 0.00000341. The van der Waals surface area contributed by atoms with Crippen LogP contribution in [0.5, 0.6) is 0 Å². The molecule has 1 saturated heterocycles. The second kappa shape index (κ2) is 13.6. The van der Waals surface area contributed by atoms with Crippen molar-refractivity contribution < 1.29 is 13.5 Å². The highest BCUT2D eigenvalue weighted by molar-refractivity contribution is 14.0. The van der Waals surface area contributed by atoms with Gasteiger partial charge in [0.05, 0.1) is 19.8 Å². The van der Waals surface area contributed by atoms with Crippen molar-refractivity contribution in [2.24, 2.45) is 4.99 Å². The van der Waals surface area contributed by atoms with Crippen molar-refractivity contribution in [3.63, 3.8) is 0 Å². The van der Waals surface area contributed by atoms with Crippen LogP contribution < -0.4 is 10.6 Å². The molecule has 2 aromatic carbocycles. The predicted octanol–water partition coefficient (Wildman–Crippen LogP) is 3.71. The molecule has 0 amide bonds. The normalized spacial score (nSPS) is 14.7. The monoisotopic (exact) mass is 544 g/mol. The van der Waals surface area contributed by atoms with Gasteiger partial charge in [-0.25, -0.2) is 13.8 Å². The van der Waals surface area contributed by atoms with E-state index < -0.39 is 11.6 Å². The van der Waals surface area contributed by atoms with Crippen LogP contribution in [0, 0.1) is 11.6 Å². The zero-order chi connectivity index (χ0) is 21.2. The zero-order valence-corrected chi connectivity index (χ0v) is 20.2. The quantitative estimate of drug-likeness (QED) is 0.303. The number of hydrogen-bond acceptors (Lipinski definition) is 3. The highest BCUT2D eigenvalue weighted by atomic mass is 127. The molecule has 0 radical (unpaired) electrons. The summed E-state index contributed by atoms with van der Waals surface area (Å²) in [6, 6.07) is 12.0. The van der Waals surface area contributed by atoms with Crippen molar-refractivity contribution in [2.75, 3.05) is 39.4 Å². The third-order valence-corrected chi connectivity index (χ3v) is 5.07. The number of benzene rings is 2. The van der Waals surface area contributed by atoms with Crippen LogP contribution in [-0.2, 0) is 24.2 Å². The van der Waals surface area contributed by atoms with E-state index in [4.69, 9.17) is 9.73 Å². The Hall–Kier alpha value is -1.78. The van der Waals surface area contributed by atoms with Gasteiger partial charge in [0.2, 0.25) is 0 Å². The Morgan fingerprint density at radius 2 is 1.77 bits per heavy atom. The van der Waals surface area contributed by atoms with E-state index in [0.29, 0.717) is 31.0 Å². The van der Waals surface area contributed by atoms with Crippen LogP contribution in [-0.4, -0.2) is 50.3 Å². The van der Waals surface area contributed by atoms with Crippen LogP contribution >= 0.6 is 24.0 Å². The third kappa shape index (κ3) is 8.34. The molecule has 170 valence electrons. The number of nitrogens with zero attached hydrogens (tertiary/aromatic N) is 2. The summed E-state index contributed by atoms with van der Waals surface area (Å²) in [4.78, 5) is 7.10. The molecular formula is C23H31F2IN4O. The molecule has 1 aliphatic heterocycles. The maximum atomic E-state index is 13.8. The molecule has 0 aliphatic carbocycles. The molecule has 5 nitrogen and oxygen atoms in total. The van der Waals surface area contributed by atoms with Gasteiger partial charge in [0.25, 0.3) is 0 Å². The number of ether oxygens (including phenoxy) is 1. The van der Waals surface area contributed by atoms with Gasteiger partial charge in [-0.3, -0.25) is 4.90 Å². The van der Waals surface area contributed by atoms with Gasteiger partial charge in [0.15, 0.2) is 5.96 Å². The number of rotatable bonds is 8. The standard InChI is InChI=1S/C23H30F2N4O.HI/c1-2-26-23(27-10-9-18-7-8-21(24)15-22(18)25)28-16-19-5-3-4-6-20(19)17-29-11-13-30-14-12-29;/h3-8,15H,2,9-14,16-17H2,1H3,(H2,26,27,28);1H. The van der Waals surface area contributed by atoms with Crippen molar-refractivity contribution in [2.45, 2.75) is 26.4 Å². The number of nitrogens with one attached hydrogen (secondary N) is 2. The van der Waals surface area contributed by atoms with Crippen LogP contribution in [0.1, 0.15) is 23.6 Å². The Bertz CT molecular complexity index is 844. The summed E-state index contributed by atoms with van der Waals surface area (Å²) in [7, 11) is 0. The van der Waals surface area contributed by atoms with E-state index in [1.54, 1.807) is 0 Å². The predicted molar refractivity (Wildman–Crippen MR) is 131 cm³/mol. The van der Waals surface area contributed by atoms with E-state index in [-0.39, 0.29) is 24.0 Å². The third-order valence-electron chi connectivity index (χ3n) is 5.07. The van der Waals surface area contributed by atoms with Gasteiger partial charge >= 0.3 is 0 Å². The fourth-order valence-electron chi connectivity index (χ4n) is 3.41. The van der Waals surface area contributed by atoms with Gasteiger partial charge in [0, 0.05) is 38.8 Å². The number of hydrogen-bond donors (Lipinski definition) is 2. The lowest BCUT2D eigenvalue weighted by atomic mass is 10.1. The van der Waals surface area contributed by atoms with Crippen LogP contribution in [0.15, 0.2) is 47.5 Å². The first-order valence-electron chi connectivity index (χ1n) is 10.5. The van der Waals surface area contributed by atoms with Crippen molar-refractivity contribution in [3.8, 4) is 0 Å². The van der Waals surface area contributed by atoms with Crippen molar-refractivity contribution >= 4 is 29.9 Å². The van der Waals surface area contributed by atoms with Crippen LogP contribution in [0.2, 0.25) is 0 Å². The van der Waals surface area contributed by atoms with E-state index in [2.05, 4.69) is 33.7 Å². The van der Waals surface area contributed by atoms with Gasteiger partial charge in [0.1, 0.15) is 11.6 Å². The summed E-state index contributed by atoms with van der Waals surface area (Å²) >= 11 is 0. The maximum Gasteiger partial charge on any atom is 0.191 e. The highest BCUT2D eigenvalue weighted by Gasteiger charge is 2.12. The molecule has 3 rings (SSSR count). The van der Waals surface area contributed by atoms with Crippen molar-refractivity contribution in [1.82, 2.24) is 15.5 Å². The molecule has 1 fully saturated rings. The molecule has 0 aromatic heterocycles. The number of halogens is 3. The summed E-state index contributed by atoms with van der Waals surface area (Å²) < 4.78 is 32.3. The molecule has 8 heteroatoms. The summed E-state index contributed by atoms with van der Waals surface area (Å²) in [5, 5.41) is 6.46. The van der Waals surface area contributed by atoms with E-state index in [0.717, 1.165) is 45.5 Å². The number of morpholine rings is 1. The van der Waals surface area contributed by atoms with Crippen molar-refractivity contribution in [3.05, 3.63) is 70.8 Å². The molecule has 2 aromatic rings. The largest absolute Gasteiger partial charge is 0.379 e. The maximum absolute atomic E-state index is 13.8. The van der Waals surface area contributed by atoms with E-state index in [1.165, 1.54) is 23.3 Å². The minimum absolute atomic E-state index is 0. The zero-order valence-electron chi connectivity index (χ0n) is 17.9. The topological polar surface area (TPSA) is 48.9 Å². The van der Waals surface area contributed by atoms with Gasteiger partial charge < -0.3 is 15.4 Å². The summed E-state index contributed by atoms with van der Waals surface area (Å²) in [6.45, 7) is 8.14. The van der Waals surface area contributed by atoms with Gasteiger partial charge in [-0.1, -0.05) is 30.3 Å². The Morgan fingerprint density at radius 3 is 2.48 bits per heavy atom. The van der Waals surface area contributed by atoms with Crippen LogP contribution in [0.25, 0.3) is 0 Å². The molecule has 0 spiro atoms. The van der Waals surface area contributed by atoms with E-state index in [9.17, 15) is 8.78 Å². The summed E-state index contributed by atoms with van der Waals surface area (Å²) in [5.41, 5.74) is 2.94. The smallest absolute Gasteiger partial charge is 0.191 e. The molecule has 0 unspecified atom stereocenters. The minimum Gasteiger partial charge on any atom is -0.379 e. The molecular weight excluding hydrogens is 513 g/mol. The average molecular weight is 544 g/mol. The minimum atomic E-state index is -0.560. The average Bonchev–Trinajstić information content (AvgIpc) is 2.75. The lowest BCUT2D eigenvalue weighted by Crippen LogP contribution is -2.38. The van der Waals surface area contributed by atoms with Gasteiger partial charge in [-0.15, -0.1) is 24.0 Å². The second-order valence-electron chi connectivity index (χ2n) is 7.26. The number of guanidine groups is 1. The first kappa shape index (κ1) is 25.5. The molecule has 0 atom stereocenters. The Kier molecular flexibility index (Phi) is 11.2. The first-order chi connectivity index (χ1) is 14.7. The molecule has 2 N–H and O–H groups in total. The van der Waals surface area contributed by atoms with Crippen LogP contribution in [0.4, 0.5) is 8.78 Å². The molecule has 0 bridgehead atoms.